The Bertz CT molecular complexity index is 1690. The number of likely N-dealkylation sites (N-methyl/N-ethyl adjacent to an activating group) is 2. The van der Waals surface area contributed by atoms with E-state index >= 15 is 0 Å². The number of amides is 4. The highest BCUT2D eigenvalue weighted by Gasteiger charge is 2.35. The summed E-state index contributed by atoms with van der Waals surface area (Å²) < 4.78 is 0. The smallest absolute Gasteiger partial charge is 0.407 e. The van der Waals surface area contributed by atoms with Gasteiger partial charge in [-0.15, -0.1) is 0 Å². The molecular weight excluding hydrogens is 582 g/mol. The quantitative estimate of drug-likeness (QED) is 0.228. The molecule has 240 valence electrons. The number of carbonyl (C=O) groups is 4. The number of hydrogen-bond acceptors (Lipinski definition) is 5. The van der Waals surface area contributed by atoms with Gasteiger partial charge in [-0.3, -0.25) is 19.8 Å². The van der Waals surface area contributed by atoms with Crippen LogP contribution in [0.4, 0.5) is 4.79 Å². The number of hydrogen-bond donors (Lipinski definition) is 2. The van der Waals surface area contributed by atoms with Gasteiger partial charge in [0.25, 0.3) is 11.8 Å². The molecule has 0 saturated carbocycles. The van der Waals surface area contributed by atoms with Gasteiger partial charge < -0.3 is 19.8 Å². The molecule has 2 atom stereocenters. The van der Waals surface area contributed by atoms with Crippen LogP contribution in [0.15, 0.2) is 97.1 Å². The molecule has 0 aliphatic rings. The minimum absolute atomic E-state index is 0.102. The van der Waals surface area contributed by atoms with Crippen LogP contribution in [0.25, 0.3) is 10.8 Å². The SMILES string of the molecule is CN(C)NC(=O)C(Cc1ccccc1)N(C)C(=O)C(Cc1ccc2ccccc2c1)N(C)C(=O)c1cccc(CN(C)C(=O)O)c1. The van der Waals surface area contributed by atoms with Gasteiger partial charge in [-0.25, -0.2) is 9.80 Å². The number of rotatable bonds is 12. The zero-order valence-corrected chi connectivity index (χ0v) is 26.9. The van der Waals surface area contributed by atoms with Gasteiger partial charge in [0.1, 0.15) is 12.1 Å². The molecular formula is C36H41N5O5. The minimum atomic E-state index is -1.08. The van der Waals surface area contributed by atoms with E-state index in [0.29, 0.717) is 11.1 Å². The van der Waals surface area contributed by atoms with Crippen molar-refractivity contribution in [3.05, 3.63) is 119 Å². The van der Waals surface area contributed by atoms with Gasteiger partial charge >= 0.3 is 6.09 Å². The molecule has 0 aliphatic heterocycles. The first kappa shape index (κ1) is 33.7. The van der Waals surface area contributed by atoms with Gasteiger partial charge in [0, 0.05) is 60.2 Å². The first-order chi connectivity index (χ1) is 21.9. The molecule has 4 aromatic carbocycles. The van der Waals surface area contributed by atoms with E-state index in [1.807, 2.05) is 72.8 Å². The summed E-state index contributed by atoms with van der Waals surface area (Å²) in [6.45, 7) is 0.102. The molecule has 46 heavy (non-hydrogen) atoms. The second-order valence-electron chi connectivity index (χ2n) is 11.7. The molecule has 2 N–H and O–H groups in total. The van der Waals surface area contributed by atoms with Crippen molar-refractivity contribution in [2.45, 2.75) is 31.5 Å². The Morgan fingerprint density at radius 3 is 1.96 bits per heavy atom. The van der Waals surface area contributed by atoms with Crippen LogP contribution in [-0.4, -0.2) is 96.0 Å². The summed E-state index contributed by atoms with van der Waals surface area (Å²) in [6, 6.07) is 28.3. The molecule has 10 nitrogen and oxygen atoms in total. The van der Waals surface area contributed by atoms with Crippen molar-refractivity contribution in [2.75, 3.05) is 35.2 Å². The lowest BCUT2D eigenvalue weighted by molar-refractivity contribution is -0.143. The largest absolute Gasteiger partial charge is 0.465 e. The fourth-order valence-electron chi connectivity index (χ4n) is 5.39. The summed E-state index contributed by atoms with van der Waals surface area (Å²) in [5.74, 6) is -1.14. The zero-order valence-electron chi connectivity index (χ0n) is 26.9. The van der Waals surface area contributed by atoms with Gasteiger partial charge in [0.2, 0.25) is 5.91 Å². The van der Waals surface area contributed by atoms with Gasteiger partial charge in [-0.05, 0) is 39.6 Å². The summed E-state index contributed by atoms with van der Waals surface area (Å²) in [5.41, 5.74) is 5.50. The van der Waals surface area contributed by atoms with Crippen LogP contribution in [0.5, 0.6) is 0 Å². The second kappa shape index (κ2) is 15.2. The van der Waals surface area contributed by atoms with E-state index in [2.05, 4.69) is 5.43 Å². The number of carboxylic acid groups (broad SMARTS) is 1. The standard InChI is InChI=1S/C36H41N5O5/c1-38(2)37-33(42)31(22-25-12-7-6-8-13-25)40(4)35(44)32(23-26-18-19-28-15-9-10-16-29(28)20-26)41(5)34(43)30-17-11-14-27(21-30)24-39(3)36(45)46/h6-21,31-32H,22-24H2,1-5H3,(H,37,42)(H,45,46). The van der Waals surface area contributed by atoms with Crippen LogP contribution in [0.2, 0.25) is 0 Å². The van der Waals surface area contributed by atoms with E-state index in [0.717, 1.165) is 26.8 Å². The summed E-state index contributed by atoms with van der Waals surface area (Å²) in [6.07, 6.45) is -0.589. The lowest BCUT2D eigenvalue weighted by Gasteiger charge is -2.35. The highest BCUT2D eigenvalue weighted by molar-refractivity contribution is 5.98. The van der Waals surface area contributed by atoms with Crippen LogP contribution >= 0.6 is 0 Å². The third-order valence-corrected chi connectivity index (χ3v) is 7.96. The minimum Gasteiger partial charge on any atom is -0.465 e. The third kappa shape index (κ3) is 8.48. The van der Waals surface area contributed by atoms with Crippen LogP contribution < -0.4 is 5.43 Å². The topological polar surface area (TPSA) is 114 Å². The number of carbonyl (C=O) groups excluding carboxylic acids is 3. The summed E-state index contributed by atoms with van der Waals surface area (Å²) in [4.78, 5) is 57.2. The molecule has 0 bridgehead atoms. The van der Waals surface area contributed by atoms with E-state index in [-0.39, 0.29) is 31.2 Å². The molecule has 0 fully saturated rings. The molecule has 2 unspecified atom stereocenters. The number of hydrazine groups is 1. The molecule has 0 heterocycles. The van der Waals surface area contributed by atoms with E-state index < -0.39 is 24.1 Å². The molecule has 0 aliphatic carbocycles. The highest BCUT2D eigenvalue weighted by Crippen LogP contribution is 2.21. The Morgan fingerprint density at radius 1 is 0.652 bits per heavy atom. The molecule has 4 rings (SSSR count). The first-order valence-electron chi connectivity index (χ1n) is 15.0. The number of fused-ring (bicyclic) bond motifs is 1. The molecule has 4 amide bonds. The van der Waals surface area contributed by atoms with Crippen molar-refractivity contribution in [1.29, 1.82) is 0 Å². The van der Waals surface area contributed by atoms with E-state index in [1.165, 1.54) is 21.9 Å². The summed E-state index contributed by atoms with van der Waals surface area (Å²) in [7, 11) is 8.05. The fraction of sp³-hybridized carbons (Fsp3) is 0.278. The lowest BCUT2D eigenvalue weighted by Crippen LogP contribution is -2.57. The third-order valence-electron chi connectivity index (χ3n) is 7.96. The fourth-order valence-corrected chi connectivity index (χ4v) is 5.39. The van der Waals surface area contributed by atoms with Crippen molar-refractivity contribution in [3.8, 4) is 0 Å². The molecule has 0 spiro atoms. The molecule has 0 aromatic heterocycles. The van der Waals surface area contributed by atoms with E-state index in [4.69, 9.17) is 0 Å². The summed E-state index contributed by atoms with van der Waals surface area (Å²) in [5, 5.41) is 12.9. The molecule has 0 saturated heterocycles. The predicted molar refractivity (Wildman–Crippen MR) is 178 cm³/mol. The van der Waals surface area contributed by atoms with Crippen LogP contribution in [0, 0.1) is 0 Å². The summed E-state index contributed by atoms with van der Waals surface area (Å²) >= 11 is 0. The normalized spacial score (nSPS) is 12.3. The Morgan fingerprint density at radius 2 is 1.28 bits per heavy atom. The first-order valence-corrected chi connectivity index (χ1v) is 15.0. The highest BCUT2D eigenvalue weighted by atomic mass is 16.4. The average molecular weight is 624 g/mol. The zero-order chi connectivity index (χ0) is 33.4. The Labute approximate surface area is 269 Å². The van der Waals surface area contributed by atoms with E-state index in [9.17, 15) is 24.3 Å². The van der Waals surface area contributed by atoms with Crippen molar-refractivity contribution >= 4 is 34.6 Å². The maximum Gasteiger partial charge on any atom is 0.407 e. The maximum atomic E-state index is 14.5. The van der Waals surface area contributed by atoms with Gasteiger partial charge in [-0.1, -0.05) is 84.9 Å². The molecule has 10 heteroatoms. The lowest BCUT2D eigenvalue weighted by atomic mass is 9.98. The van der Waals surface area contributed by atoms with E-state index in [1.54, 1.807) is 52.5 Å². The second-order valence-corrected chi connectivity index (χ2v) is 11.7. The Hall–Kier alpha value is -5.22. The number of nitrogens with zero attached hydrogens (tertiary/aromatic N) is 4. The maximum absolute atomic E-state index is 14.5. The van der Waals surface area contributed by atoms with Crippen molar-refractivity contribution < 1.29 is 24.3 Å². The van der Waals surface area contributed by atoms with Crippen molar-refractivity contribution in [2.24, 2.45) is 0 Å². The van der Waals surface area contributed by atoms with Crippen molar-refractivity contribution in [3.63, 3.8) is 0 Å². The number of benzene rings is 4. The Balaban J connectivity index is 1.70. The van der Waals surface area contributed by atoms with Crippen LogP contribution in [-0.2, 0) is 29.0 Å². The van der Waals surface area contributed by atoms with Crippen molar-refractivity contribution in [1.82, 2.24) is 25.1 Å². The monoisotopic (exact) mass is 623 g/mol. The Kier molecular flexibility index (Phi) is 11.1. The van der Waals surface area contributed by atoms with Gasteiger partial charge in [-0.2, -0.15) is 0 Å². The van der Waals surface area contributed by atoms with Gasteiger partial charge in [0.05, 0.1) is 0 Å². The number of nitrogens with one attached hydrogen (secondary N) is 1. The van der Waals surface area contributed by atoms with Gasteiger partial charge in [0.15, 0.2) is 0 Å². The van der Waals surface area contributed by atoms with Crippen LogP contribution in [0.1, 0.15) is 27.0 Å². The predicted octanol–water partition coefficient (Wildman–Crippen LogP) is 4.30. The molecule has 4 aromatic rings. The van der Waals surface area contributed by atoms with Crippen LogP contribution in [0.3, 0.4) is 0 Å². The molecule has 0 radical (unpaired) electrons. The average Bonchev–Trinajstić information content (AvgIpc) is 3.05.